The number of hydrogen-bond acceptors (Lipinski definition) is 5. The zero-order chi connectivity index (χ0) is 24.5. The third kappa shape index (κ3) is 6.66. The predicted molar refractivity (Wildman–Crippen MR) is 140 cm³/mol. The molecule has 186 valence electrons. The Morgan fingerprint density at radius 2 is 1.82 bits per heavy atom. The van der Waals surface area contributed by atoms with E-state index in [1.807, 2.05) is 6.92 Å². The molecule has 7 nitrogen and oxygen atoms in total. The molecular formula is C26H37FN4O3. The monoisotopic (exact) mass is 472 g/mol. The van der Waals surface area contributed by atoms with E-state index in [0.29, 0.717) is 29.4 Å². The van der Waals surface area contributed by atoms with E-state index >= 15 is 4.39 Å². The highest BCUT2D eigenvalue weighted by atomic mass is 19.1. The summed E-state index contributed by atoms with van der Waals surface area (Å²) in [7, 11) is 0. The Labute approximate surface area is 204 Å². The van der Waals surface area contributed by atoms with Crippen molar-refractivity contribution < 1.29 is 23.0 Å². The molecule has 0 aliphatic heterocycles. The molecule has 0 heterocycles. The van der Waals surface area contributed by atoms with Crippen molar-refractivity contribution in [2.45, 2.75) is 52.0 Å². The van der Waals surface area contributed by atoms with Gasteiger partial charge < -0.3 is 20.7 Å². The summed E-state index contributed by atoms with van der Waals surface area (Å²) in [5, 5.41) is 8.64. The van der Waals surface area contributed by atoms with Crippen molar-refractivity contribution in [1.29, 1.82) is 0 Å². The van der Waals surface area contributed by atoms with Crippen LogP contribution in [0.2, 0.25) is 0 Å². The quantitative estimate of drug-likeness (QED) is 0.270. The second-order valence-electron chi connectivity index (χ2n) is 8.11. The zero-order valence-corrected chi connectivity index (χ0v) is 19.6. The number of anilines is 2. The number of rotatable bonds is 11. The Bertz CT molecular complexity index is 1080. The Balaban J connectivity index is 0.00000432. The second-order valence-corrected chi connectivity index (χ2v) is 8.11. The molecule has 1 fully saturated rings. The molecule has 0 radical (unpaired) electrons. The maximum absolute atomic E-state index is 15.2. The van der Waals surface area contributed by atoms with Crippen LogP contribution in [0, 0.1) is 5.82 Å². The van der Waals surface area contributed by atoms with Crippen LogP contribution in [0.5, 0.6) is 5.75 Å². The molecule has 0 unspecified atom stereocenters. The number of benzene rings is 2. The molecule has 2 aromatic rings. The lowest BCUT2D eigenvalue weighted by Gasteiger charge is -2.26. The first kappa shape index (κ1) is 25.0. The van der Waals surface area contributed by atoms with Gasteiger partial charge in [-0.15, -0.1) is 0 Å². The van der Waals surface area contributed by atoms with Gasteiger partial charge in [0.05, 0.1) is 17.9 Å². The minimum Gasteiger partial charge on any atom is -0.491 e. The van der Waals surface area contributed by atoms with Crippen molar-refractivity contribution in [3.63, 3.8) is 0 Å². The Hall–Kier alpha value is -3.68. The molecule has 0 aromatic heterocycles. The number of nitrogens with zero attached hydrogens (tertiary/aromatic N) is 1. The third-order valence-electron chi connectivity index (χ3n) is 5.37. The van der Waals surface area contributed by atoms with Gasteiger partial charge in [-0.1, -0.05) is 13.5 Å². The van der Waals surface area contributed by atoms with E-state index in [4.69, 9.17) is 4.74 Å². The summed E-state index contributed by atoms with van der Waals surface area (Å²) in [6.45, 7) is 8.10. The normalized spacial score (nSPS) is 13.3. The van der Waals surface area contributed by atoms with E-state index in [2.05, 4.69) is 27.5 Å². The highest BCUT2D eigenvalue weighted by Crippen LogP contribution is 2.34. The molecule has 0 spiro atoms. The molecule has 0 saturated heterocycles. The van der Waals surface area contributed by atoms with E-state index in [-0.39, 0.29) is 39.9 Å². The van der Waals surface area contributed by atoms with Gasteiger partial charge in [0.1, 0.15) is 6.42 Å². The number of hydrogen-bond donors (Lipinski definition) is 3. The van der Waals surface area contributed by atoms with E-state index in [0.717, 1.165) is 25.7 Å². The largest absolute Gasteiger partial charge is 0.491 e. The lowest BCUT2D eigenvalue weighted by molar-refractivity contribution is -0.127. The van der Waals surface area contributed by atoms with Gasteiger partial charge in [0.25, 0.3) is 0 Å². The molecular weight excluding hydrogens is 435 g/mol. The molecule has 2 amide bonds. The Morgan fingerprint density at radius 3 is 2.41 bits per heavy atom. The highest BCUT2D eigenvalue weighted by Gasteiger charge is 2.21. The summed E-state index contributed by atoms with van der Waals surface area (Å²) in [5.74, 6) is -1.03. The van der Waals surface area contributed by atoms with Crippen LogP contribution in [0.4, 0.5) is 21.5 Å². The minimum absolute atomic E-state index is 0. The summed E-state index contributed by atoms with van der Waals surface area (Å²) in [4.78, 5) is 28.3. The van der Waals surface area contributed by atoms with E-state index < -0.39 is 5.82 Å². The first-order valence-electron chi connectivity index (χ1n) is 11.5. The number of carbonyl (C=O) groups excluding carboxylic acids is 2. The topological polar surface area (TPSA) is 91.8 Å². The van der Waals surface area contributed by atoms with E-state index in [9.17, 15) is 9.59 Å². The van der Waals surface area contributed by atoms with Crippen molar-refractivity contribution in [2.75, 3.05) is 17.2 Å². The van der Waals surface area contributed by atoms with Gasteiger partial charge >= 0.3 is 0 Å². The van der Waals surface area contributed by atoms with Crippen LogP contribution >= 0.6 is 0 Å². The first-order chi connectivity index (χ1) is 16.4. The summed E-state index contributed by atoms with van der Waals surface area (Å²) in [6, 6.07) is 10.3. The fraction of sp³-hybridized carbons (Fsp3) is 0.346. The van der Waals surface area contributed by atoms with E-state index in [1.165, 1.54) is 0 Å². The summed E-state index contributed by atoms with van der Waals surface area (Å²) in [6.07, 6.45) is 5.18. The molecule has 1 aliphatic rings. The van der Waals surface area contributed by atoms with Gasteiger partial charge in [0, 0.05) is 33.6 Å². The van der Waals surface area contributed by atoms with Crippen molar-refractivity contribution in [3.05, 3.63) is 54.4 Å². The first-order valence-corrected chi connectivity index (χ1v) is 11.5. The van der Waals surface area contributed by atoms with Crippen molar-refractivity contribution >= 4 is 40.8 Å². The molecule has 3 rings (SSSR count). The predicted octanol–water partition coefficient (Wildman–Crippen LogP) is 6.15. The van der Waals surface area contributed by atoms with Gasteiger partial charge in [-0.25, -0.2) is 4.39 Å². The fourth-order valence-electron chi connectivity index (χ4n) is 3.46. The number of amides is 2. The van der Waals surface area contributed by atoms with Crippen molar-refractivity contribution in [1.82, 2.24) is 5.32 Å². The summed E-state index contributed by atoms with van der Waals surface area (Å²) >= 11 is 0. The number of aliphatic imine (C=N–C) groups is 1. The number of ether oxygens (including phenoxy) is 1. The van der Waals surface area contributed by atoms with Gasteiger partial charge in [0.2, 0.25) is 11.8 Å². The SMILES string of the molecule is C=C(Nc1ccc(NC(=O)CC(=O)NC2CCC2)cc1)c1c(N=CC)ccc(OCCC)c1F.[HH].[HH].[HH]. The Morgan fingerprint density at radius 1 is 1.15 bits per heavy atom. The molecule has 0 bridgehead atoms. The average molecular weight is 473 g/mol. The molecule has 8 heteroatoms. The average Bonchev–Trinajstić information content (AvgIpc) is 2.77. The maximum Gasteiger partial charge on any atom is 0.233 e. The molecule has 34 heavy (non-hydrogen) atoms. The standard InChI is InChI=1S/C26H31FN4O3.3H2/c1-4-15-34-22-14-13-21(28-5-2)25(26(22)27)17(3)29-19-9-11-20(12-10-19)31-24(33)16-23(32)30-18-7-6-8-18;;;/h5,9-14,18,29H,3-4,6-8,15-16H2,1-2H3,(H,30,32)(H,31,33);3*1H. The summed E-state index contributed by atoms with van der Waals surface area (Å²) in [5.41, 5.74) is 2.18. The molecule has 1 aliphatic carbocycles. The van der Waals surface area contributed by atoms with Gasteiger partial charge in [-0.05, 0) is 69.0 Å². The zero-order valence-electron chi connectivity index (χ0n) is 19.6. The smallest absolute Gasteiger partial charge is 0.233 e. The molecule has 3 N–H and O–H groups in total. The second kappa shape index (κ2) is 12.0. The maximum atomic E-state index is 15.2. The van der Waals surface area contributed by atoms with Crippen LogP contribution < -0.4 is 20.7 Å². The molecule has 1 saturated carbocycles. The van der Waals surface area contributed by atoms with E-state index in [1.54, 1.807) is 49.5 Å². The van der Waals surface area contributed by atoms with Crippen LogP contribution in [0.1, 0.15) is 55.8 Å². The van der Waals surface area contributed by atoms with Gasteiger partial charge in [-0.3, -0.25) is 14.6 Å². The highest BCUT2D eigenvalue weighted by molar-refractivity contribution is 6.03. The van der Waals surface area contributed by atoms with Gasteiger partial charge in [-0.2, -0.15) is 0 Å². The van der Waals surface area contributed by atoms with Gasteiger partial charge in [0.15, 0.2) is 11.6 Å². The third-order valence-corrected chi connectivity index (χ3v) is 5.37. The lowest BCUT2D eigenvalue weighted by Crippen LogP contribution is -2.40. The molecule has 0 atom stereocenters. The van der Waals surface area contributed by atoms with Crippen LogP contribution in [0.15, 0.2) is 48.0 Å². The van der Waals surface area contributed by atoms with Crippen LogP contribution in [-0.2, 0) is 9.59 Å². The molecule has 2 aromatic carbocycles. The Kier molecular flexibility index (Phi) is 8.79. The fourth-order valence-corrected chi connectivity index (χ4v) is 3.46. The number of nitrogens with one attached hydrogen (secondary N) is 3. The van der Waals surface area contributed by atoms with Crippen LogP contribution in [-0.4, -0.2) is 30.7 Å². The lowest BCUT2D eigenvalue weighted by atomic mass is 9.93. The van der Waals surface area contributed by atoms with Crippen LogP contribution in [0.3, 0.4) is 0 Å². The van der Waals surface area contributed by atoms with Crippen molar-refractivity contribution in [2.24, 2.45) is 4.99 Å². The van der Waals surface area contributed by atoms with Crippen molar-refractivity contribution in [3.8, 4) is 5.75 Å². The summed E-state index contributed by atoms with van der Waals surface area (Å²) < 4.78 is 20.7. The minimum atomic E-state index is -0.530. The number of carbonyl (C=O) groups is 2. The number of halogens is 1. The van der Waals surface area contributed by atoms with Crippen LogP contribution in [0.25, 0.3) is 5.70 Å².